The molecule has 0 unspecified atom stereocenters. The number of anilines is 2. The fourth-order valence-electron chi connectivity index (χ4n) is 1.48. The van der Waals surface area contributed by atoms with Crippen molar-refractivity contribution in [2.24, 2.45) is 0 Å². The van der Waals surface area contributed by atoms with Crippen LogP contribution in [0.15, 0.2) is 22.7 Å². The van der Waals surface area contributed by atoms with Crippen LogP contribution in [-0.2, 0) is 0 Å². The molecule has 0 fully saturated rings. The van der Waals surface area contributed by atoms with Gasteiger partial charge in [0.1, 0.15) is 0 Å². The highest BCUT2D eigenvalue weighted by atomic mass is 79.9. The number of nitrogens with one attached hydrogen (secondary N) is 2. The standard InChI is InChI=1S/C11H17BrN2O2/c1-2-3-9(7-15)13-11-5-4-8(14-16)6-10(11)12/h4-6,9,13-16H,2-3,7H2,1H3/t9-/m0/s1. The highest BCUT2D eigenvalue weighted by molar-refractivity contribution is 9.10. The van der Waals surface area contributed by atoms with E-state index in [-0.39, 0.29) is 12.6 Å². The molecule has 0 aliphatic carbocycles. The zero-order chi connectivity index (χ0) is 12.0. The average molecular weight is 289 g/mol. The Morgan fingerprint density at radius 1 is 1.44 bits per heavy atom. The van der Waals surface area contributed by atoms with Gasteiger partial charge in [0.25, 0.3) is 0 Å². The molecule has 16 heavy (non-hydrogen) atoms. The van der Waals surface area contributed by atoms with Crippen molar-refractivity contribution in [3.8, 4) is 0 Å². The molecule has 0 saturated carbocycles. The van der Waals surface area contributed by atoms with Gasteiger partial charge in [0.05, 0.1) is 12.3 Å². The Morgan fingerprint density at radius 3 is 2.69 bits per heavy atom. The van der Waals surface area contributed by atoms with Crippen LogP contribution < -0.4 is 10.8 Å². The fraction of sp³-hybridized carbons (Fsp3) is 0.455. The van der Waals surface area contributed by atoms with Crippen molar-refractivity contribution in [3.63, 3.8) is 0 Å². The molecule has 1 aromatic rings. The second-order valence-corrected chi connectivity index (χ2v) is 4.47. The Bertz CT molecular complexity index is 334. The van der Waals surface area contributed by atoms with E-state index in [4.69, 9.17) is 5.21 Å². The SMILES string of the molecule is CCC[C@@H](CO)Nc1ccc(NO)cc1Br. The minimum Gasteiger partial charge on any atom is -0.394 e. The first kappa shape index (κ1) is 13.3. The van der Waals surface area contributed by atoms with Crippen molar-refractivity contribution in [2.45, 2.75) is 25.8 Å². The number of hydrogen-bond donors (Lipinski definition) is 4. The summed E-state index contributed by atoms with van der Waals surface area (Å²) in [4.78, 5) is 0. The second-order valence-electron chi connectivity index (χ2n) is 3.62. The molecule has 0 aromatic heterocycles. The molecule has 5 heteroatoms. The number of benzene rings is 1. The first-order chi connectivity index (χ1) is 7.71. The largest absolute Gasteiger partial charge is 0.394 e. The molecule has 0 radical (unpaired) electrons. The second kappa shape index (κ2) is 6.73. The van der Waals surface area contributed by atoms with Crippen LogP contribution in [0.3, 0.4) is 0 Å². The molecule has 0 spiro atoms. The Morgan fingerprint density at radius 2 is 2.19 bits per heavy atom. The Labute approximate surface area is 104 Å². The fourth-order valence-corrected chi connectivity index (χ4v) is 1.97. The van der Waals surface area contributed by atoms with Crippen LogP contribution in [0.5, 0.6) is 0 Å². The van der Waals surface area contributed by atoms with Crippen molar-refractivity contribution >= 4 is 27.3 Å². The lowest BCUT2D eigenvalue weighted by Crippen LogP contribution is -2.23. The molecule has 0 aliphatic rings. The van der Waals surface area contributed by atoms with Gasteiger partial charge in [0.15, 0.2) is 0 Å². The van der Waals surface area contributed by atoms with E-state index in [0.29, 0.717) is 5.69 Å². The van der Waals surface area contributed by atoms with E-state index in [9.17, 15) is 5.11 Å². The molecule has 0 heterocycles. The molecular weight excluding hydrogens is 272 g/mol. The number of aliphatic hydroxyl groups excluding tert-OH is 1. The summed E-state index contributed by atoms with van der Waals surface area (Å²) in [6.07, 6.45) is 1.94. The van der Waals surface area contributed by atoms with E-state index in [1.807, 2.05) is 6.07 Å². The molecule has 4 N–H and O–H groups in total. The predicted octanol–water partition coefficient (Wildman–Crippen LogP) is 2.82. The maximum Gasteiger partial charge on any atom is 0.0632 e. The summed E-state index contributed by atoms with van der Waals surface area (Å²) in [5.41, 5.74) is 3.61. The Balaban J connectivity index is 2.72. The van der Waals surface area contributed by atoms with E-state index >= 15 is 0 Å². The van der Waals surface area contributed by atoms with E-state index < -0.39 is 0 Å². The maximum absolute atomic E-state index is 9.18. The van der Waals surface area contributed by atoms with Gasteiger partial charge >= 0.3 is 0 Å². The van der Waals surface area contributed by atoms with Crippen molar-refractivity contribution in [2.75, 3.05) is 17.4 Å². The van der Waals surface area contributed by atoms with Gasteiger partial charge in [-0.3, -0.25) is 10.7 Å². The molecule has 1 aromatic carbocycles. The molecule has 0 saturated heterocycles. The summed E-state index contributed by atoms with van der Waals surface area (Å²) in [7, 11) is 0. The lowest BCUT2D eigenvalue weighted by molar-refractivity contribution is 0.268. The van der Waals surface area contributed by atoms with Crippen LogP contribution in [0.2, 0.25) is 0 Å². The number of aliphatic hydroxyl groups is 1. The van der Waals surface area contributed by atoms with Gasteiger partial charge in [0, 0.05) is 16.2 Å². The van der Waals surface area contributed by atoms with Crippen LogP contribution >= 0.6 is 15.9 Å². The van der Waals surface area contributed by atoms with Crippen LogP contribution in [-0.4, -0.2) is 23.0 Å². The quantitative estimate of drug-likeness (QED) is 0.608. The van der Waals surface area contributed by atoms with Gasteiger partial charge in [0.2, 0.25) is 0 Å². The predicted molar refractivity (Wildman–Crippen MR) is 69.0 cm³/mol. The average Bonchev–Trinajstić information content (AvgIpc) is 2.30. The molecule has 0 amide bonds. The number of halogens is 1. The third-order valence-electron chi connectivity index (χ3n) is 2.32. The maximum atomic E-state index is 9.18. The summed E-state index contributed by atoms with van der Waals surface area (Å²) in [6.45, 7) is 2.19. The number of rotatable bonds is 6. The third kappa shape index (κ3) is 3.66. The molecule has 4 nitrogen and oxygen atoms in total. The summed E-state index contributed by atoms with van der Waals surface area (Å²) in [5, 5.41) is 21.2. The molecule has 1 rings (SSSR count). The molecule has 1 atom stereocenters. The normalized spacial score (nSPS) is 12.2. The summed E-state index contributed by atoms with van der Waals surface area (Å²) in [6, 6.07) is 5.44. The van der Waals surface area contributed by atoms with Gasteiger partial charge in [-0.05, 0) is 40.5 Å². The van der Waals surface area contributed by atoms with Gasteiger partial charge in [-0.25, -0.2) is 0 Å². The van der Waals surface area contributed by atoms with Crippen LogP contribution in [0.4, 0.5) is 11.4 Å². The van der Waals surface area contributed by atoms with Gasteiger partial charge in [-0.1, -0.05) is 13.3 Å². The minimum absolute atomic E-state index is 0.0641. The van der Waals surface area contributed by atoms with Gasteiger partial charge in [-0.2, -0.15) is 0 Å². The zero-order valence-corrected chi connectivity index (χ0v) is 10.8. The molecular formula is C11H17BrN2O2. The van der Waals surface area contributed by atoms with E-state index in [0.717, 1.165) is 23.0 Å². The first-order valence-corrected chi connectivity index (χ1v) is 6.07. The lowest BCUT2D eigenvalue weighted by Gasteiger charge is -2.18. The minimum atomic E-state index is 0.0641. The van der Waals surface area contributed by atoms with Crippen LogP contribution in [0.1, 0.15) is 19.8 Å². The van der Waals surface area contributed by atoms with Crippen molar-refractivity contribution in [1.29, 1.82) is 0 Å². The van der Waals surface area contributed by atoms with Crippen LogP contribution in [0.25, 0.3) is 0 Å². The Kier molecular flexibility index (Phi) is 5.59. The van der Waals surface area contributed by atoms with Gasteiger partial charge in [-0.15, -0.1) is 0 Å². The molecule has 0 bridgehead atoms. The molecule has 90 valence electrons. The lowest BCUT2D eigenvalue weighted by atomic mass is 10.1. The smallest absolute Gasteiger partial charge is 0.0632 e. The highest BCUT2D eigenvalue weighted by Gasteiger charge is 2.08. The molecule has 0 aliphatic heterocycles. The highest BCUT2D eigenvalue weighted by Crippen LogP contribution is 2.26. The van der Waals surface area contributed by atoms with Crippen molar-refractivity contribution < 1.29 is 10.3 Å². The zero-order valence-electron chi connectivity index (χ0n) is 9.20. The van der Waals surface area contributed by atoms with E-state index in [1.165, 1.54) is 0 Å². The van der Waals surface area contributed by atoms with Crippen LogP contribution in [0, 0.1) is 0 Å². The van der Waals surface area contributed by atoms with Gasteiger partial charge < -0.3 is 10.4 Å². The first-order valence-electron chi connectivity index (χ1n) is 5.28. The van der Waals surface area contributed by atoms with E-state index in [1.54, 1.807) is 12.1 Å². The van der Waals surface area contributed by atoms with Crippen molar-refractivity contribution in [1.82, 2.24) is 0 Å². The topological polar surface area (TPSA) is 64.5 Å². The van der Waals surface area contributed by atoms with Crippen molar-refractivity contribution in [3.05, 3.63) is 22.7 Å². The summed E-state index contributed by atoms with van der Waals surface area (Å²) < 4.78 is 0.848. The summed E-state index contributed by atoms with van der Waals surface area (Å²) >= 11 is 3.40. The monoisotopic (exact) mass is 288 g/mol. The van der Waals surface area contributed by atoms with E-state index in [2.05, 4.69) is 33.7 Å². The Hall–Kier alpha value is -0.780. The third-order valence-corrected chi connectivity index (χ3v) is 2.97. The number of hydrogen-bond acceptors (Lipinski definition) is 4. The summed E-state index contributed by atoms with van der Waals surface area (Å²) in [5.74, 6) is 0.